The molecule has 108 valence electrons. The summed E-state index contributed by atoms with van der Waals surface area (Å²) in [5.41, 5.74) is 5.43. The Morgan fingerprint density at radius 3 is 2.95 bits per heavy atom. The fourth-order valence-corrected chi connectivity index (χ4v) is 4.08. The first kappa shape index (κ1) is 13.0. The molecule has 2 atom stereocenters. The second-order valence-corrected chi connectivity index (χ2v) is 6.53. The molecule has 1 saturated heterocycles. The summed E-state index contributed by atoms with van der Waals surface area (Å²) in [6.07, 6.45) is 9.62. The minimum atomic E-state index is 0.631. The van der Waals surface area contributed by atoms with Gasteiger partial charge in [0.25, 0.3) is 0 Å². The first-order valence-electron chi connectivity index (χ1n) is 8.01. The lowest BCUT2D eigenvalue weighted by atomic mass is 9.82. The van der Waals surface area contributed by atoms with Gasteiger partial charge in [0.2, 0.25) is 0 Å². The van der Waals surface area contributed by atoms with E-state index in [2.05, 4.69) is 48.1 Å². The van der Waals surface area contributed by atoms with Crippen molar-refractivity contribution in [3.8, 4) is 0 Å². The summed E-state index contributed by atoms with van der Waals surface area (Å²) in [6.45, 7) is 2.22. The highest BCUT2D eigenvalue weighted by molar-refractivity contribution is 5.87. The van der Waals surface area contributed by atoms with E-state index < -0.39 is 0 Å². The van der Waals surface area contributed by atoms with Crippen molar-refractivity contribution < 1.29 is 0 Å². The summed E-state index contributed by atoms with van der Waals surface area (Å²) in [4.78, 5) is 7.16. The molecule has 0 amide bonds. The van der Waals surface area contributed by atoms with E-state index in [1.54, 1.807) is 0 Å². The molecule has 2 aliphatic heterocycles. The van der Waals surface area contributed by atoms with Gasteiger partial charge in [0.05, 0.1) is 5.52 Å². The highest BCUT2D eigenvalue weighted by Crippen LogP contribution is 2.37. The molecule has 2 aliphatic rings. The number of likely N-dealkylation sites (N-methyl/N-ethyl adjacent to an activating group) is 1. The lowest BCUT2D eigenvalue weighted by Gasteiger charge is -2.43. The average Bonchev–Trinajstić information content (AvgIpc) is 2.48. The number of aryl methyl sites for hydroxylation is 1. The fourth-order valence-electron chi connectivity index (χ4n) is 4.08. The normalized spacial score (nSPS) is 25.9. The van der Waals surface area contributed by atoms with Crippen LogP contribution in [-0.2, 0) is 0 Å². The Balaban J connectivity index is 1.82. The highest BCUT2D eigenvalue weighted by Gasteiger charge is 2.31. The molecular weight excluding hydrogens is 256 g/mol. The zero-order valence-electron chi connectivity index (χ0n) is 12.8. The van der Waals surface area contributed by atoms with Crippen LogP contribution in [0.1, 0.15) is 36.8 Å². The van der Waals surface area contributed by atoms with E-state index in [1.807, 2.05) is 12.3 Å². The highest BCUT2D eigenvalue weighted by atomic mass is 15.2. The maximum absolute atomic E-state index is 4.59. The van der Waals surface area contributed by atoms with E-state index in [0.29, 0.717) is 6.04 Å². The third-order valence-electron chi connectivity index (χ3n) is 5.36. The minimum absolute atomic E-state index is 0.631. The Labute approximate surface area is 126 Å². The third kappa shape index (κ3) is 2.09. The van der Waals surface area contributed by atoms with Gasteiger partial charge in [0.15, 0.2) is 0 Å². The zero-order chi connectivity index (χ0) is 14.4. The number of rotatable bonds is 1. The number of pyridine rings is 1. The summed E-state index contributed by atoms with van der Waals surface area (Å²) >= 11 is 0. The maximum Gasteiger partial charge on any atom is 0.0737 e. The van der Waals surface area contributed by atoms with E-state index >= 15 is 0 Å². The van der Waals surface area contributed by atoms with Crippen molar-refractivity contribution in [1.29, 1.82) is 0 Å². The van der Waals surface area contributed by atoms with Gasteiger partial charge in [-0.3, -0.25) is 9.88 Å². The predicted octanol–water partition coefficient (Wildman–Crippen LogP) is 4.18. The van der Waals surface area contributed by atoms with Crippen LogP contribution in [0.25, 0.3) is 16.5 Å². The van der Waals surface area contributed by atoms with E-state index in [9.17, 15) is 0 Å². The summed E-state index contributed by atoms with van der Waals surface area (Å²) in [5, 5.41) is 1.24. The lowest BCUT2D eigenvalue weighted by Crippen LogP contribution is -2.45. The number of nitrogens with zero attached hydrogens (tertiary/aromatic N) is 2. The lowest BCUT2D eigenvalue weighted by molar-refractivity contribution is 0.137. The molecule has 4 rings (SSSR count). The van der Waals surface area contributed by atoms with Crippen molar-refractivity contribution in [2.24, 2.45) is 0 Å². The van der Waals surface area contributed by atoms with E-state index in [0.717, 1.165) is 11.6 Å². The average molecular weight is 278 g/mol. The standard InChI is InChI=1S/C19H22N2/c1-13-18(9-8-14-5-4-10-20-19(13)14)15-11-16-6-3-7-17(12-15)21(16)2/h4-5,8-11,16-17H,3,6-7,12H2,1-2H3. The maximum atomic E-state index is 4.59. The summed E-state index contributed by atoms with van der Waals surface area (Å²) < 4.78 is 0. The van der Waals surface area contributed by atoms with Gasteiger partial charge in [-0.1, -0.05) is 30.7 Å². The van der Waals surface area contributed by atoms with Crippen LogP contribution in [-0.4, -0.2) is 29.0 Å². The Morgan fingerprint density at radius 2 is 2.10 bits per heavy atom. The molecule has 2 nitrogen and oxygen atoms in total. The molecule has 2 bridgehead atoms. The zero-order valence-corrected chi connectivity index (χ0v) is 12.8. The van der Waals surface area contributed by atoms with Crippen molar-refractivity contribution in [3.05, 3.63) is 47.7 Å². The van der Waals surface area contributed by atoms with Crippen molar-refractivity contribution in [3.63, 3.8) is 0 Å². The topological polar surface area (TPSA) is 16.1 Å². The van der Waals surface area contributed by atoms with Gasteiger partial charge in [-0.15, -0.1) is 0 Å². The molecule has 3 heterocycles. The Hall–Kier alpha value is -1.67. The number of hydrogen-bond acceptors (Lipinski definition) is 2. The van der Waals surface area contributed by atoms with Crippen LogP contribution in [0.2, 0.25) is 0 Å². The van der Waals surface area contributed by atoms with Crippen molar-refractivity contribution in [1.82, 2.24) is 9.88 Å². The molecular formula is C19H22N2. The summed E-state index contributed by atoms with van der Waals surface area (Å²) in [6, 6.07) is 10.0. The number of benzene rings is 1. The van der Waals surface area contributed by atoms with Crippen LogP contribution in [0, 0.1) is 6.92 Å². The molecule has 0 saturated carbocycles. The fraction of sp³-hybridized carbons (Fsp3) is 0.421. The summed E-state index contributed by atoms with van der Waals surface area (Å²) in [5.74, 6) is 0. The molecule has 2 unspecified atom stereocenters. The molecule has 21 heavy (non-hydrogen) atoms. The monoisotopic (exact) mass is 278 g/mol. The number of hydrogen-bond donors (Lipinski definition) is 0. The number of aromatic nitrogens is 1. The van der Waals surface area contributed by atoms with E-state index in [-0.39, 0.29) is 0 Å². The molecule has 0 spiro atoms. The second-order valence-electron chi connectivity index (χ2n) is 6.53. The van der Waals surface area contributed by atoms with E-state index in [1.165, 1.54) is 47.8 Å². The SMILES string of the molecule is Cc1c(C2=CC3CCCC(C2)N3C)ccc2cccnc12. The predicted molar refractivity (Wildman–Crippen MR) is 88.3 cm³/mol. The second kappa shape index (κ2) is 4.96. The van der Waals surface area contributed by atoms with Gasteiger partial charge in [-0.2, -0.15) is 0 Å². The molecule has 1 aromatic heterocycles. The largest absolute Gasteiger partial charge is 0.297 e. The summed E-state index contributed by atoms with van der Waals surface area (Å²) in [7, 11) is 2.29. The Kier molecular flexibility index (Phi) is 3.07. The van der Waals surface area contributed by atoms with Crippen molar-refractivity contribution in [2.45, 2.75) is 44.7 Å². The van der Waals surface area contributed by atoms with Gasteiger partial charge >= 0.3 is 0 Å². The van der Waals surface area contributed by atoms with Gasteiger partial charge in [0.1, 0.15) is 0 Å². The van der Waals surface area contributed by atoms with Crippen molar-refractivity contribution in [2.75, 3.05) is 7.05 Å². The van der Waals surface area contributed by atoms with Gasteiger partial charge in [-0.25, -0.2) is 0 Å². The molecule has 0 aliphatic carbocycles. The first-order chi connectivity index (χ1) is 10.2. The number of fused-ring (bicyclic) bond motifs is 3. The molecule has 2 heteroatoms. The Morgan fingerprint density at radius 1 is 1.19 bits per heavy atom. The first-order valence-corrected chi connectivity index (χ1v) is 8.01. The van der Waals surface area contributed by atoms with Gasteiger partial charge in [-0.05, 0) is 56.0 Å². The molecule has 1 fully saturated rings. The third-order valence-corrected chi connectivity index (χ3v) is 5.36. The number of piperidine rings is 1. The van der Waals surface area contributed by atoms with Crippen LogP contribution < -0.4 is 0 Å². The van der Waals surface area contributed by atoms with Crippen LogP contribution in [0.5, 0.6) is 0 Å². The molecule has 2 aromatic rings. The van der Waals surface area contributed by atoms with Gasteiger partial charge < -0.3 is 0 Å². The van der Waals surface area contributed by atoms with Crippen LogP contribution in [0.4, 0.5) is 0 Å². The van der Waals surface area contributed by atoms with Crippen molar-refractivity contribution >= 4 is 16.5 Å². The van der Waals surface area contributed by atoms with E-state index in [4.69, 9.17) is 0 Å². The molecule has 0 N–H and O–H groups in total. The Bertz CT molecular complexity index is 717. The van der Waals surface area contributed by atoms with Gasteiger partial charge in [0, 0.05) is 23.7 Å². The smallest absolute Gasteiger partial charge is 0.0737 e. The van der Waals surface area contributed by atoms with Crippen LogP contribution in [0.15, 0.2) is 36.5 Å². The minimum Gasteiger partial charge on any atom is -0.297 e. The van der Waals surface area contributed by atoms with Crippen LogP contribution in [0.3, 0.4) is 0 Å². The molecule has 1 aromatic carbocycles. The quantitative estimate of drug-likeness (QED) is 0.778. The molecule has 0 radical (unpaired) electrons. The van der Waals surface area contributed by atoms with Crippen LogP contribution >= 0.6 is 0 Å².